The number of aromatic hydroxyl groups is 1. The van der Waals surface area contributed by atoms with Crippen molar-refractivity contribution in [2.45, 2.75) is 25.1 Å². The van der Waals surface area contributed by atoms with E-state index in [-0.39, 0.29) is 18.0 Å². The van der Waals surface area contributed by atoms with E-state index in [0.717, 1.165) is 41.2 Å². The highest BCUT2D eigenvalue weighted by molar-refractivity contribution is 7.98. The molecule has 2 heterocycles. The molecule has 0 amide bonds. The summed E-state index contributed by atoms with van der Waals surface area (Å²) in [7, 11) is 0. The minimum Gasteiger partial charge on any atom is -0.507 e. The van der Waals surface area contributed by atoms with Gasteiger partial charge in [-0.3, -0.25) is 5.01 Å². The molecule has 2 aromatic carbocycles. The van der Waals surface area contributed by atoms with E-state index in [2.05, 4.69) is 6.26 Å². The second-order valence-electron chi connectivity index (χ2n) is 6.20. The maximum absolute atomic E-state index is 10.2. The topological polar surface area (TPSA) is 45.1 Å². The number of phenolic OH excluding ortho intramolecular Hbond substituents is 1. The molecule has 0 aromatic heterocycles. The van der Waals surface area contributed by atoms with Gasteiger partial charge in [-0.25, -0.2) is 0 Å². The molecule has 2 aromatic rings. The Hall–Kier alpha value is -1.85. The molecule has 2 aliphatic heterocycles. The average molecular weight is 375 g/mol. The molecular weight excluding hydrogens is 356 g/mol. The third-order valence-corrected chi connectivity index (χ3v) is 5.49. The van der Waals surface area contributed by atoms with Gasteiger partial charge in [0, 0.05) is 29.0 Å². The van der Waals surface area contributed by atoms with Crippen LogP contribution >= 0.6 is 23.4 Å². The zero-order valence-electron chi connectivity index (χ0n) is 13.9. The largest absolute Gasteiger partial charge is 0.507 e. The molecule has 4 rings (SSSR count). The number of hydrogen-bond donors (Lipinski definition) is 1. The van der Waals surface area contributed by atoms with E-state index in [4.69, 9.17) is 21.4 Å². The predicted octanol–water partition coefficient (Wildman–Crippen LogP) is 4.67. The van der Waals surface area contributed by atoms with E-state index < -0.39 is 0 Å². The molecule has 0 bridgehead atoms. The van der Waals surface area contributed by atoms with Crippen LogP contribution in [0.3, 0.4) is 0 Å². The number of nitrogens with zero attached hydrogens (tertiary/aromatic N) is 2. The lowest BCUT2D eigenvalue weighted by molar-refractivity contribution is -0.0180. The van der Waals surface area contributed by atoms with Crippen molar-refractivity contribution in [1.29, 1.82) is 0 Å². The molecule has 1 N–H and O–H groups in total. The molecule has 0 spiro atoms. The van der Waals surface area contributed by atoms with Crippen LogP contribution in [-0.4, -0.2) is 34.1 Å². The van der Waals surface area contributed by atoms with E-state index in [1.165, 1.54) is 0 Å². The molecule has 4 nitrogen and oxygen atoms in total. The third kappa shape index (κ3) is 3.07. The highest BCUT2D eigenvalue weighted by atomic mass is 35.5. The lowest BCUT2D eigenvalue weighted by Gasteiger charge is -2.38. The highest BCUT2D eigenvalue weighted by Crippen LogP contribution is 2.45. The van der Waals surface area contributed by atoms with Crippen molar-refractivity contribution in [1.82, 2.24) is 5.01 Å². The summed E-state index contributed by atoms with van der Waals surface area (Å²) in [5.41, 5.74) is 2.72. The maximum Gasteiger partial charge on any atom is 0.188 e. The Bertz CT molecular complexity index is 827. The monoisotopic (exact) mass is 374 g/mol. The van der Waals surface area contributed by atoms with Gasteiger partial charge in [0.15, 0.2) is 6.23 Å². The molecule has 25 heavy (non-hydrogen) atoms. The molecule has 0 unspecified atom stereocenters. The van der Waals surface area contributed by atoms with E-state index in [0.29, 0.717) is 5.02 Å². The first-order valence-electron chi connectivity index (χ1n) is 8.26. The molecule has 0 saturated heterocycles. The maximum atomic E-state index is 10.2. The summed E-state index contributed by atoms with van der Waals surface area (Å²) >= 11 is 8.01. The Kier molecular flexibility index (Phi) is 4.52. The standard InChI is InChI=1S/C19H19ClN2O2S/c1-25-9-8-19-22-16(14-10-12(20)6-7-18(14)24-19)11-15(21-22)13-4-2-3-5-17(13)23/h2-7,10,16,19,23H,8-9,11H2,1H3/t16-,19-/m1/s1. The van der Waals surface area contributed by atoms with Crippen molar-refractivity contribution in [2.24, 2.45) is 5.10 Å². The van der Waals surface area contributed by atoms with Crippen LogP contribution < -0.4 is 4.74 Å². The van der Waals surface area contributed by atoms with Gasteiger partial charge in [0.25, 0.3) is 0 Å². The smallest absolute Gasteiger partial charge is 0.188 e. The second-order valence-corrected chi connectivity index (χ2v) is 7.62. The normalized spacial score (nSPS) is 21.4. The fraction of sp³-hybridized carbons (Fsp3) is 0.316. The summed E-state index contributed by atoms with van der Waals surface area (Å²) in [5, 5.41) is 17.7. The molecule has 0 aliphatic carbocycles. The summed E-state index contributed by atoms with van der Waals surface area (Å²) < 4.78 is 6.20. The van der Waals surface area contributed by atoms with Gasteiger partial charge in [-0.05, 0) is 42.3 Å². The molecular formula is C19H19ClN2O2S. The summed E-state index contributed by atoms with van der Waals surface area (Å²) in [6.07, 6.45) is 3.60. The summed E-state index contributed by atoms with van der Waals surface area (Å²) in [6, 6.07) is 13.2. The number of thioether (sulfide) groups is 1. The van der Waals surface area contributed by atoms with Crippen LogP contribution in [0.25, 0.3) is 0 Å². The number of benzene rings is 2. The SMILES string of the molecule is CSCC[C@H]1Oc2ccc(Cl)cc2[C@H]2CC(c3ccccc3O)=NN21. The number of hydrazone groups is 1. The first kappa shape index (κ1) is 16.6. The number of phenols is 1. The minimum atomic E-state index is -0.102. The van der Waals surface area contributed by atoms with Crippen LogP contribution in [0.15, 0.2) is 47.6 Å². The quantitative estimate of drug-likeness (QED) is 0.844. The Labute approximate surface area is 156 Å². The van der Waals surface area contributed by atoms with Crippen molar-refractivity contribution in [3.63, 3.8) is 0 Å². The molecule has 130 valence electrons. The van der Waals surface area contributed by atoms with E-state index in [9.17, 15) is 5.11 Å². The Balaban J connectivity index is 1.73. The van der Waals surface area contributed by atoms with Gasteiger partial charge in [-0.15, -0.1) is 0 Å². The van der Waals surface area contributed by atoms with Crippen LogP contribution in [0, 0.1) is 0 Å². The number of hydrogen-bond acceptors (Lipinski definition) is 5. The van der Waals surface area contributed by atoms with Crippen LogP contribution in [0.4, 0.5) is 0 Å². The molecule has 2 atom stereocenters. The van der Waals surface area contributed by atoms with Gasteiger partial charge in [0.2, 0.25) is 0 Å². The van der Waals surface area contributed by atoms with Crippen molar-refractivity contribution >= 4 is 29.1 Å². The van der Waals surface area contributed by atoms with E-state index >= 15 is 0 Å². The van der Waals surface area contributed by atoms with Crippen molar-refractivity contribution in [3.8, 4) is 11.5 Å². The van der Waals surface area contributed by atoms with Crippen molar-refractivity contribution in [2.75, 3.05) is 12.0 Å². The van der Waals surface area contributed by atoms with Crippen molar-refractivity contribution in [3.05, 3.63) is 58.6 Å². The molecule has 0 fully saturated rings. The number of fused-ring (bicyclic) bond motifs is 3. The predicted molar refractivity (Wildman–Crippen MR) is 103 cm³/mol. The summed E-state index contributed by atoms with van der Waals surface area (Å²) in [4.78, 5) is 0. The van der Waals surface area contributed by atoms with Gasteiger partial charge < -0.3 is 9.84 Å². The zero-order chi connectivity index (χ0) is 17.4. The first-order chi connectivity index (χ1) is 12.2. The average Bonchev–Trinajstić information content (AvgIpc) is 3.06. The minimum absolute atomic E-state index is 0.0870. The second kappa shape index (κ2) is 6.81. The first-order valence-corrected chi connectivity index (χ1v) is 10.0. The molecule has 6 heteroatoms. The lowest BCUT2D eigenvalue weighted by atomic mass is 9.96. The summed E-state index contributed by atoms with van der Waals surface area (Å²) in [6.45, 7) is 0. The van der Waals surface area contributed by atoms with Crippen LogP contribution in [0.5, 0.6) is 11.5 Å². The number of halogens is 1. The number of rotatable bonds is 4. The van der Waals surface area contributed by atoms with Crippen LogP contribution in [0.2, 0.25) is 5.02 Å². The Morgan fingerprint density at radius 1 is 1.32 bits per heavy atom. The zero-order valence-corrected chi connectivity index (χ0v) is 15.4. The van der Waals surface area contributed by atoms with Gasteiger partial charge >= 0.3 is 0 Å². The lowest BCUT2D eigenvalue weighted by Crippen LogP contribution is -2.40. The van der Waals surface area contributed by atoms with Gasteiger partial charge in [-0.1, -0.05) is 23.7 Å². The van der Waals surface area contributed by atoms with E-state index in [1.54, 1.807) is 17.8 Å². The highest BCUT2D eigenvalue weighted by Gasteiger charge is 2.40. The molecule has 0 saturated carbocycles. The molecule has 2 aliphatic rings. The number of para-hydroxylation sites is 1. The third-order valence-electron chi connectivity index (χ3n) is 4.61. The Morgan fingerprint density at radius 3 is 2.96 bits per heavy atom. The van der Waals surface area contributed by atoms with Gasteiger partial charge in [0.1, 0.15) is 11.5 Å². The van der Waals surface area contributed by atoms with E-state index in [1.807, 2.05) is 41.4 Å². The van der Waals surface area contributed by atoms with Gasteiger partial charge in [-0.2, -0.15) is 16.9 Å². The van der Waals surface area contributed by atoms with Gasteiger partial charge in [0.05, 0.1) is 11.8 Å². The number of ether oxygens (including phenoxy) is 1. The van der Waals surface area contributed by atoms with Crippen LogP contribution in [-0.2, 0) is 0 Å². The molecule has 0 radical (unpaired) electrons. The van der Waals surface area contributed by atoms with Crippen LogP contribution in [0.1, 0.15) is 30.0 Å². The Morgan fingerprint density at radius 2 is 2.16 bits per heavy atom. The fourth-order valence-electron chi connectivity index (χ4n) is 3.42. The fourth-order valence-corrected chi connectivity index (χ4v) is 4.04. The summed E-state index contributed by atoms with van der Waals surface area (Å²) in [5.74, 6) is 2.14. The van der Waals surface area contributed by atoms with Crippen molar-refractivity contribution < 1.29 is 9.84 Å².